The molecule has 0 amide bonds. The third-order valence-electron chi connectivity index (χ3n) is 4.75. The summed E-state index contributed by atoms with van der Waals surface area (Å²) in [4.78, 5) is 0. The molecule has 0 fully saturated rings. The Labute approximate surface area is 161 Å². The molecule has 0 bridgehead atoms. The lowest BCUT2D eigenvalue weighted by atomic mass is 9.98. The van der Waals surface area contributed by atoms with Crippen molar-refractivity contribution in [3.05, 3.63) is 77.9 Å². The Morgan fingerprint density at radius 2 is 1.82 bits per heavy atom. The molecule has 0 atom stereocenters. The molecule has 28 heavy (non-hydrogen) atoms. The summed E-state index contributed by atoms with van der Waals surface area (Å²) in [6, 6.07) is 15.9. The van der Waals surface area contributed by atoms with Crippen molar-refractivity contribution in [2.24, 2.45) is 0 Å². The maximum absolute atomic E-state index is 14.5. The number of hydrogen-bond donors (Lipinski definition) is 2. The summed E-state index contributed by atoms with van der Waals surface area (Å²) in [5.74, 6) is 0.428. The van der Waals surface area contributed by atoms with E-state index in [1.54, 1.807) is 43.6 Å². The van der Waals surface area contributed by atoms with E-state index >= 15 is 0 Å². The average molecular weight is 374 g/mol. The predicted octanol–water partition coefficient (Wildman–Crippen LogP) is 4.20. The molecule has 0 unspecified atom stereocenters. The minimum Gasteiger partial charge on any atom is -0.497 e. The molecule has 0 saturated heterocycles. The topological polar surface area (TPSA) is 87.0 Å². The van der Waals surface area contributed by atoms with E-state index in [4.69, 9.17) is 16.2 Å². The van der Waals surface area contributed by atoms with Gasteiger partial charge in [0.2, 0.25) is 0 Å². The molecular weight excluding hydrogens is 355 g/mol. The van der Waals surface area contributed by atoms with Crippen LogP contribution in [-0.4, -0.2) is 17.3 Å². The van der Waals surface area contributed by atoms with Crippen molar-refractivity contribution in [1.82, 2.24) is 10.2 Å². The summed E-state index contributed by atoms with van der Waals surface area (Å²) in [6.07, 6.45) is 2.22. The smallest absolute Gasteiger partial charge is 0.131 e. The Kier molecular flexibility index (Phi) is 4.53. The molecule has 0 aliphatic rings. The third kappa shape index (κ3) is 3.32. The summed E-state index contributed by atoms with van der Waals surface area (Å²) in [5, 5.41) is 10.3. The first-order valence-electron chi connectivity index (χ1n) is 8.77. The van der Waals surface area contributed by atoms with Crippen LogP contribution in [0.3, 0.4) is 0 Å². The number of anilines is 2. The first-order chi connectivity index (χ1) is 13.5. The molecule has 140 valence electrons. The van der Waals surface area contributed by atoms with Crippen LogP contribution in [0.2, 0.25) is 0 Å². The van der Waals surface area contributed by atoms with Crippen LogP contribution in [0.5, 0.6) is 5.75 Å². The largest absolute Gasteiger partial charge is 0.497 e. The van der Waals surface area contributed by atoms with Crippen LogP contribution >= 0.6 is 0 Å². The summed E-state index contributed by atoms with van der Waals surface area (Å²) in [6.45, 7) is 0. The number of hydrogen-bond acceptors (Lipinski definition) is 5. The summed E-state index contributed by atoms with van der Waals surface area (Å²) in [7, 11) is 1.63. The highest BCUT2D eigenvalue weighted by Crippen LogP contribution is 2.30. The van der Waals surface area contributed by atoms with Crippen LogP contribution in [0, 0.1) is 5.82 Å². The second-order valence-corrected chi connectivity index (χ2v) is 6.58. The molecule has 4 rings (SSSR count). The number of halogens is 1. The lowest BCUT2D eigenvalue weighted by Crippen LogP contribution is -1.99. The molecule has 0 saturated carbocycles. The van der Waals surface area contributed by atoms with Crippen molar-refractivity contribution in [3.63, 3.8) is 0 Å². The lowest BCUT2D eigenvalue weighted by molar-refractivity contribution is 0.415. The molecule has 0 aliphatic carbocycles. The Morgan fingerprint density at radius 3 is 2.61 bits per heavy atom. The number of ether oxygens (including phenoxy) is 1. The zero-order chi connectivity index (χ0) is 19.7. The van der Waals surface area contributed by atoms with E-state index < -0.39 is 0 Å². The van der Waals surface area contributed by atoms with Crippen LogP contribution in [0.15, 0.2) is 60.8 Å². The van der Waals surface area contributed by atoms with Crippen LogP contribution < -0.4 is 16.2 Å². The SMILES string of the molecule is COc1ccc2cnnc(Cc3ccc(F)c(-c4ccc(N)c(N)c4)c3)c2c1. The molecule has 3 aromatic carbocycles. The third-order valence-corrected chi connectivity index (χ3v) is 4.75. The van der Waals surface area contributed by atoms with E-state index in [0.29, 0.717) is 28.9 Å². The predicted molar refractivity (Wildman–Crippen MR) is 110 cm³/mol. The number of nitrogens with zero attached hydrogens (tertiary/aromatic N) is 2. The van der Waals surface area contributed by atoms with Gasteiger partial charge in [-0.25, -0.2) is 4.39 Å². The Bertz CT molecular complexity index is 1180. The fourth-order valence-corrected chi connectivity index (χ4v) is 3.21. The van der Waals surface area contributed by atoms with Gasteiger partial charge in [-0.1, -0.05) is 12.1 Å². The van der Waals surface area contributed by atoms with Crippen LogP contribution in [0.4, 0.5) is 15.8 Å². The van der Waals surface area contributed by atoms with Gasteiger partial charge in [-0.05, 0) is 53.6 Å². The van der Waals surface area contributed by atoms with Gasteiger partial charge >= 0.3 is 0 Å². The van der Waals surface area contributed by atoms with Crippen molar-refractivity contribution in [2.45, 2.75) is 6.42 Å². The van der Waals surface area contributed by atoms with Crippen molar-refractivity contribution >= 4 is 22.1 Å². The van der Waals surface area contributed by atoms with Gasteiger partial charge in [0.1, 0.15) is 11.6 Å². The maximum atomic E-state index is 14.5. The minimum atomic E-state index is -0.321. The monoisotopic (exact) mass is 374 g/mol. The van der Waals surface area contributed by atoms with Gasteiger partial charge in [0, 0.05) is 22.8 Å². The van der Waals surface area contributed by atoms with Gasteiger partial charge in [0.05, 0.1) is 30.4 Å². The standard InChI is InChI=1S/C22H19FN4O/c1-28-16-5-3-15-12-26-27-22(18(15)11-16)9-13-2-6-19(23)17(8-13)14-4-7-20(24)21(25)10-14/h2-8,10-12H,9,24-25H2,1H3. The fourth-order valence-electron chi connectivity index (χ4n) is 3.21. The maximum Gasteiger partial charge on any atom is 0.131 e. The van der Waals surface area contributed by atoms with Crippen molar-refractivity contribution in [2.75, 3.05) is 18.6 Å². The summed E-state index contributed by atoms with van der Waals surface area (Å²) < 4.78 is 19.8. The number of rotatable bonds is 4. The number of fused-ring (bicyclic) bond motifs is 1. The summed E-state index contributed by atoms with van der Waals surface area (Å²) in [5.41, 5.74) is 15.4. The van der Waals surface area contributed by atoms with Crippen LogP contribution in [0.1, 0.15) is 11.3 Å². The Hall–Kier alpha value is -3.67. The molecule has 4 N–H and O–H groups in total. The molecule has 6 heteroatoms. The molecule has 5 nitrogen and oxygen atoms in total. The molecule has 1 aromatic heterocycles. The van der Waals surface area contributed by atoms with Gasteiger partial charge in [0.25, 0.3) is 0 Å². The Morgan fingerprint density at radius 1 is 0.964 bits per heavy atom. The first kappa shape index (κ1) is 17.7. The lowest BCUT2D eigenvalue weighted by Gasteiger charge is -2.10. The highest BCUT2D eigenvalue weighted by Gasteiger charge is 2.11. The van der Waals surface area contributed by atoms with Gasteiger partial charge in [0.15, 0.2) is 0 Å². The van der Waals surface area contributed by atoms with Crippen LogP contribution in [-0.2, 0) is 6.42 Å². The molecule has 4 aromatic rings. The van der Waals surface area contributed by atoms with E-state index in [1.807, 2.05) is 18.2 Å². The van der Waals surface area contributed by atoms with Gasteiger partial charge in [-0.2, -0.15) is 10.2 Å². The molecule has 0 aliphatic heterocycles. The fraction of sp³-hybridized carbons (Fsp3) is 0.0909. The van der Waals surface area contributed by atoms with Gasteiger partial charge in [-0.15, -0.1) is 0 Å². The van der Waals surface area contributed by atoms with E-state index in [-0.39, 0.29) is 5.82 Å². The number of nitrogens with two attached hydrogens (primary N) is 2. The quantitative estimate of drug-likeness (QED) is 0.523. The van der Waals surface area contributed by atoms with Crippen LogP contribution in [0.25, 0.3) is 21.9 Å². The second kappa shape index (κ2) is 7.15. The first-order valence-corrected chi connectivity index (χ1v) is 8.77. The van der Waals surface area contributed by atoms with Crippen molar-refractivity contribution < 1.29 is 9.13 Å². The zero-order valence-corrected chi connectivity index (χ0v) is 15.3. The average Bonchev–Trinajstić information content (AvgIpc) is 2.71. The second-order valence-electron chi connectivity index (χ2n) is 6.58. The Balaban J connectivity index is 1.75. The number of aromatic nitrogens is 2. The van der Waals surface area contributed by atoms with Gasteiger partial charge in [-0.3, -0.25) is 0 Å². The van der Waals surface area contributed by atoms with Gasteiger partial charge < -0.3 is 16.2 Å². The molecule has 0 spiro atoms. The highest BCUT2D eigenvalue weighted by atomic mass is 19.1. The van der Waals surface area contributed by atoms with E-state index in [2.05, 4.69) is 10.2 Å². The number of nitrogen functional groups attached to an aromatic ring is 2. The van der Waals surface area contributed by atoms with E-state index in [9.17, 15) is 4.39 Å². The molecule has 1 heterocycles. The number of benzene rings is 3. The minimum absolute atomic E-state index is 0.321. The molecule has 0 radical (unpaired) electrons. The van der Waals surface area contributed by atoms with Crippen molar-refractivity contribution in [3.8, 4) is 16.9 Å². The zero-order valence-electron chi connectivity index (χ0n) is 15.3. The van der Waals surface area contributed by atoms with E-state index in [0.717, 1.165) is 27.8 Å². The summed E-state index contributed by atoms with van der Waals surface area (Å²) >= 11 is 0. The highest BCUT2D eigenvalue weighted by molar-refractivity contribution is 5.85. The van der Waals surface area contributed by atoms with E-state index in [1.165, 1.54) is 6.07 Å². The normalized spacial score (nSPS) is 10.9. The number of methoxy groups -OCH3 is 1. The van der Waals surface area contributed by atoms with Crippen molar-refractivity contribution in [1.29, 1.82) is 0 Å². The molecular formula is C22H19FN4O.